The van der Waals surface area contributed by atoms with Crippen molar-refractivity contribution in [3.63, 3.8) is 0 Å². The molecule has 5 heteroatoms. The number of pyridine rings is 1. The minimum absolute atomic E-state index is 0.0125. The molecule has 23 heavy (non-hydrogen) atoms. The van der Waals surface area contributed by atoms with E-state index in [0.717, 1.165) is 5.56 Å². The zero-order valence-corrected chi connectivity index (χ0v) is 12.3. The van der Waals surface area contributed by atoms with Crippen LogP contribution in [0.15, 0.2) is 47.3 Å². The smallest absolute Gasteiger partial charge is 0.341 e. The summed E-state index contributed by atoms with van der Waals surface area (Å²) in [6.45, 7) is 0. The van der Waals surface area contributed by atoms with E-state index in [1.54, 1.807) is 0 Å². The van der Waals surface area contributed by atoms with Gasteiger partial charge in [0.25, 0.3) is 5.56 Å². The van der Waals surface area contributed by atoms with Crippen LogP contribution in [0.4, 0.5) is 0 Å². The minimum atomic E-state index is -1.33. The fourth-order valence-corrected chi connectivity index (χ4v) is 2.77. The van der Waals surface area contributed by atoms with Gasteiger partial charge in [0.1, 0.15) is 5.56 Å². The molecular formula is C18H15NO4. The molecule has 1 atom stereocenters. The van der Waals surface area contributed by atoms with E-state index in [0.29, 0.717) is 24.1 Å². The van der Waals surface area contributed by atoms with Gasteiger partial charge in [0.2, 0.25) is 0 Å². The fraction of sp³-hybridized carbons (Fsp3) is 0.167. The number of allylic oxidation sites excluding steroid dienone is 1. The lowest BCUT2D eigenvalue weighted by Gasteiger charge is -2.21. The largest absolute Gasteiger partial charge is 0.477 e. The van der Waals surface area contributed by atoms with Gasteiger partial charge < -0.3 is 10.1 Å². The number of hydrogen-bond acceptors (Lipinski definition) is 3. The van der Waals surface area contributed by atoms with Crippen LogP contribution in [0.3, 0.4) is 0 Å². The summed E-state index contributed by atoms with van der Waals surface area (Å²) in [6, 6.07) is 10.9. The van der Waals surface area contributed by atoms with E-state index in [2.05, 4.69) is 4.98 Å². The quantitative estimate of drug-likeness (QED) is 0.912. The number of aromatic amines is 1. The fourth-order valence-electron chi connectivity index (χ4n) is 2.77. The molecule has 0 aliphatic heterocycles. The molecule has 0 amide bonds. The number of hydrogen-bond donors (Lipinski definition) is 2. The summed E-state index contributed by atoms with van der Waals surface area (Å²) in [5.74, 6) is -1.48. The monoisotopic (exact) mass is 309 g/mol. The van der Waals surface area contributed by atoms with Crippen LogP contribution in [0.1, 0.15) is 38.4 Å². The molecule has 116 valence electrons. The first-order valence-corrected chi connectivity index (χ1v) is 7.30. The average molecular weight is 309 g/mol. The SMILES string of the molecule is O=C1C[C@H](/C=C/c2ccccc2)Cc2[nH]c(=O)c(C(=O)O)cc21. The third-order valence-electron chi connectivity index (χ3n) is 3.93. The molecule has 0 fully saturated rings. The maximum absolute atomic E-state index is 12.2. The Hall–Kier alpha value is -2.95. The summed E-state index contributed by atoms with van der Waals surface area (Å²) >= 11 is 0. The molecular weight excluding hydrogens is 294 g/mol. The number of carbonyl (C=O) groups excluding carboxylic acids is 1. The molecule has 0 bridgehead atoms. The van der Waals surface area contributed by atoms with E-state index in [-0.39, 0.29) is 11.7 Å². The number of H-pyrrole nitrogens is 1. The highest BCUT2D eigenvalue weighted by Crippen LogP contribution is 2.25. The van der Waals surface area contributed by atoms with Crippen LogP contribution in [0.5, 0.6) is 0 Å². The lowest BCUT2D eigenvalue weighted by Crippen LogP contribution is -2.27. The summed E-state index contributed by atoms with van der Waals surface area (Å²) in [6.07, 6.45) is 4.73. The first-order chi connectivity index (χ1) is 11.0. The highest BCUT2D eigenvalue weighted by Gasteiger charge is 2.26. The van der Waals surface area contributed by atoms with Crippen LogP contribution < -0.4 is 5.56 Å². The Bertz CT molecular complexity index is 849. The molecule has 0 saturated carbocycles. The summed E-state index contributed by atoms with van der Waals surface area (Å²) in [5, 5.41) is 8.97. The molecule has 0 spiro atoms. The minimum Gasteiger partial charge on any atom is -0.477 e. The molecule has 1 aliphatic rings. The predicted octanol–water partition coefficient (Wildman–Crippen LogP) is 2.53. The van der Waals surface area contributed by atoms with Crippen LogP contribution in [-0.4, -0.2) is 21.8 Å². The van der Waals surface area contributed by atoms with Gasteiger partial charge >= 0.3 is 5.97 Å². The zero-order chi connectivity index (χ0) is 16.4. The second-order valence-corrected chi connectivity index (χ2v) is 5.57. The van der Waals surface area contributed by atoms with Crippen molar-refractivity contribution in [3.8, 4) is 0 Å². The van der Waals surface area contributed by atoms with E-state index in [1.807, 2.05) is 42.5 Å². The Labute approximate surface area is 132 Å². The Morgan fingerprint density at radius 2 is 1.91 bits per heavy atom. The molecule has 5 nitrogen and oxygen atoms in total. The third kappa shape index (κ3) is 3.13. The van der Waals surface area contributed by atoms with Crippen LogP contribution in [-0.2, 0) is 6.42 Å². The van der Waals surface area contributed by atoms with E-state index in [9.17, 15) is 14.4 Å². The third-order valence-corrected chi connectivity index (χ3v) is 3.93. The second kappa shape index (κ2) is 6.04. The number of benzene rings is 1. The lowest BCUT2D eigenvalue weighted by atomic mass is 9.85. The van der Waals surface area contributed by atoms with Crippen molar-refractivity contribution in [2.45, 2.75) is 12.8 Å². The summed E-state index contributed by atoms with van der Waals surface area (Å²) in [7, 11) is 0. The Kier molecular flexibility index (Phi) is 3.93. The first kappa shape index (κ1) is 15.0. The maximum atomic E-state index is 12.2. The van der Waals surface area contributed by atoms with Crippen molar-refractivity contribution in [3.05, 3.63) is 75.2 Å². The van der Waals surface area contributed by atoms with Crippen molar-refractivity contribution >= 4 is 17.8 Å². The Balaban J connectivity index is 1.88. The summed E-state index contributed by atoms with van der Waals surface area (Å²) in [5.41, 5.74) is 0.804. The molecule has 0 radical (unpaired) electrons. The molecule has 1 aromatic carbocycles. The Morgan fingerprint density at radius 3 is 2.61 bits per heavy atom. The van der Waals surface area contributed by atoms with E-state index >= 15 is 0 Å². The van der Waals surface area contributed by atoms with Gasteiger partial charge in [0.15, 0.2) is 5.78 Å². The maximum Gasteiger partial charge on any atom is 0.341 e. The highest BCUT2D eigenvalue weighted by molar-refractivity contribution is 6.00. The second-order valence-electron chi connectivity index (χ2n) is 5.57. The number of aromatic carboxylic acids is 1. The van der Waals surface area contributed by atoms with Gasteiger partial charge in [-0.25, -0.2) is 4.79 Å². The number of rotatable bonds is 3. The summed E-state index contributed by atoms with van der Waals surface area (Å²) < 4.78 is 0. The molecule has 0 unspecified atom stereocenters. The van der Waals surface area contributed by atoms with Crippen LogP contribution in [0, 0.1) is 5.92 Å². The summed E-state index contributed by atoms with van der Waals surface area (Å²) in [4.78, 5) is 37.5. The molecule has 2 aromatic rings. The van der Waals surface area contributed by atoms with Gasteiger partial charge in [0, 0.05) is 17.7 Å². The van der Waals surface area contributed by atoms with Crippen molar-refractivity contribution in [1.29, 1.82) is 0 Å². The van der Waals surface area contributed by atoms with Crippen molar-refractivity contribution < 1.29 is 14.7 Å². The molecule has 1 aliphatic carbocycles. The van der Waals surface area contributed by atoms with Gasteiger partial charge in [-0.3, -0.25) is 9.59 Å². The Morgan fingerprint density at radius 1 is 1.17 bits per heavy atom. The highest BCUT2D eigenvalue weighted by atomic mass is 16.4. The van der Waals surface area contributed by atoms with Crippen LogP contribution in [0.25, 0.3) is 6.08 Å². The van der Waals surface area contributed by atoms with E-state index < -0.39 is 17.1 Å². The van der Waals surface area contributed by atoms with Gasteiger partial charge in [-0.05, 0) is 24.0 Å². The van der Waals surface area contributed by atoms with Crippen LogP contribution in [0.2, 0.25) is 0 Å². The number of carbonyl (C=O) groups is 2. The standard InChI is InChI=1S/C18H15NO4/c20-16-9-12(7-6-11-4-2-1-3-5-11)8-15-13(16)10-14(18(22)23)17(21)19-15/h1-7,10,12H,8-9H2,(H,19,21)(H,22,23)/b7-6+/t12-/m1/s1. The number of nitrogens with one attached hydrogen (secondary N) is 1. The predicted molar refractivity (Wildman–Crippen MR) is 85.6 cm³/mol. The molecule has 2 N–H and O–H groups in total. The zero-order valence-electron chi connectivity index (χ0n) is 12.3. The van der Waals surface area contributed by atoms with Gasteiger partial charge in [0.05, 0.1) is 0 Å². The van der Waals surface area contributed by atoms with E-state index in [4.69, 9.17) is 5.11 Å². The molecule has 1 aromatic heterocycles. The normalized spacial score (nSPS) is 17.2. The molecule has 0 saturated heterocycles. The van der Waals surface area contributed by atoms with Gasteiger partial charge in [-0.15, -0.1) is 0 Å². The number of carboxylic acids is 1. The number of Topliss-reactive ketones (excluding diaryl/α,β-unsaturated/α-hetero) is 1. The number of fused-ring (bicyclic) bond motifs is 1. The number of ketones is 1. The van der Waals surface area contributed by atoms with Gasteiger partial charge in [-0.2, -0.15) is 0 Å². The molecule has 1 heterocycles. The van der Waals surface area contributed by atoms with Crippen LogP contribution >= 0.6 is 0 Å². The molecule has 3 rings (SSSR count). The first-order valence-electron chi connectivity index (χ1n) is 7.30. The van der Waals surface area contributed by atoms with Crippen molar-refractivity contribution in [2.75, 3.05) is 0 Å². The average Bonchev–Trinajstić information content (AvgIpc) is 2.53. The number of carboxylic acid groups (broad SMARTS) is 1. The van der Waals surface area contributed by atoms with Gasteiger partial charge in [-0.1, -0.05) is 42.5 Å². The van der Waals surface area contributed by atoms with E-state index in [1.165, 1.54) is 6.07 Å². The topological polar surface area (TPSA) is 87.2 Å². The number of aromatic nitrogens is 1. The van der Waals surface area contributed by atoms with Crippen molar-refractivity contribution in [1.82, 2.24) is 4.98 Å². The van der Waals surface area contributed by atoms with Crippen molar-refractivity contribution in [2.24, 2.45) is 5.92 Å². The lowest BCUT2D eigenvalue weighted by molar-refractivity contribution is 0.0695.